The van der Waals surface area contributed by atoms with Gasteiger partial charge < -0.3 is 10.2 Å². The summed E-state index contributed by atoms with van der Waals surface area (Å²) in [5.41, 5.74) is 2.00. The summed E-state index contributed by atoms with van der Waals surface area (Å²) in [4.78, 5) is 29.3. The van der Waals surface area contributed by atoms with E-state index >= 15 is 0 Å². The van der Waals surface area contributed by atoms with E-state index in [4.69, 9.17) is 11.6 Å². The van der Waals surface area contributed by atoms with Gasteiger partial charge in [0.15, 0.2) is 0 Å². The summed E-state index contributed by atoms with van der Waals surface area (Å²) in [6, 6.07) is 26.3. The molecule has 0 radical (unpaired) electrons. The van der Waals surface area contributed by atoms with Crippen LogP contribution in [-0.2, 0) is 32.6 Å². The van der Waals surface area contributed by atoms with Crippen molar-refractivity contribution in [2.75, 3.05) is 10.8 Å². The van der Waals surface area contributed by atoms with Crippen LogP contribution >= 0.6 is 11.6 Å². The lowest BCUT2D eigenvalue weighted by atomic mass is 10.0. The van der Waals surface area contributed by atoms with Crippen LogP contribution in [0, 0.1) is 12.7 Å². The van der Waals surface area contributed by atoms with E-state index < -0.39 is 40.2 Å². The minimum atomic E-state index is -4.27. The molecule has 230 valence electrons. The summed E-state index contributed by atoms with van der Waals surface area (Å²) in [6.07, 6.45) is 0.126. The van der Waals surface area contributed by atoms with Crippen LogP contribution in [0.4, 0.5) is 10.1 Å². The van der Waals surface area contributed by atoms with Gasteiger partial charge in [-0.1, -0.05) is 83.9 Å². The van der Waals surface area contributed by atoms with Crippen molar-refractivity contribution in [3.8, 4) is 0 Å². The Balaban J connectivity index is 1.82. The zero-order chi connectivity index (χ0) is 31.9. The van der Waals surface area contributed by atoms with Gasteiger partial charge in [-0.2, -0.15) is 0 Å². The van der Waals surface area contributed by atoms with Gasteiger partial charge >= 0.3 is 0 Å². The average Bonchev–Trinajstić information content (AvgIpc) is 2.98. The molecule has 2 amide bonds. The molecule has 0 aliphatic carbocycles. The van der Waals surface area contributed by atoms with Gasteiger partial charge in [0.2, 0.25) is 11.8 Å². The number of nitrogens with zero attached hydrogens (tertiary/aromatic N) is 2. The van der Waals surface area contributed by atoms with E-state index in [1.807, 2.05) is 37.3 Å². The molecule has 1 N–H and O–H groups in total. The average molecular weight is 636 g/mol. The number of anilines is 1. The summed E-state index contributed by atoms with van der Waals surface area (Å²) in [5.74, 6) is -1.68. The first-order valence-corrected chi connectivity index (χ1v) is 16.0. The minimum absolute atomic E-state index is 0.0186. The molecule has 7 nitrogen and oxygen atoms in total. The first-order chi connectivity index (χ1) is 21.0. The normalized spacial score (nSPS) is 12.0. The molecule has 0 unspecified atom stereocenters. The van der Waals surface area contributed by atoms with E-state index in [0.717, 1.165) is 15.4 Å². The van der Waals surface area contributed by atoms with Gasteiger partial charge in [0.25, 0.3) is 10.0 Å². The Morgan fingerprint density at radius 3 is 2.18 bits per heavy atom. The SMILES string of the molecule is Cc1ccc(S(=O)(=O)N(CC(=O)N(Cc2ccccc2F)[C@H](Cc2ccccc2)C(=O)NC(C)C)c2cccc(Cl)c2)cc1. The van der Waals surface area contributed by atoms with E-state index in [1.165, 1.54) is 41.3 Å². The molecule has 0 saturated carbocycles. The predicted octanol–water partition coefficient (Wildman–Crippen LogP) is 6.15. The molecular weight excluding hydrogens is 601 g/mol. The summed E-state index contributed by atoms with van der Waals surface area (Å²) in [7, 11) is -4.27. The van der Waals surface area contributed by atoms with Gasteiger partial charge in [0.1, 0.15) is 18.4 Å². The first-order valence-electron chi connectivity index (χ1n) is 14.2. The number of carbonyl (C=O) groups excluding carboxylic acids is 2. The van der Waals surface area contributed by atoms with Crippen LogP contribution in [-0.4, -0.2) is 43.8 Å². The molecule has 4 aromatic rings. The Morgan fingerprint density at radius 2 is 1.55 bits per heavy atom. The number of amides is 2. The predicted molar refractivity (Wildman–Crippen MR) is 171 cm³/mol. The molecule has 0 heterocycles. The van der Waals surface area contributed by atoms with Crippen LogP contribution in [0.2, 0.25) is 5.02 Å². The highest BCUT2D eigenvalue weighted by atomic mass is 35.5. The Bertz CT molecular complexity index is 1700. The van der Waals surface area contributed by atoms with Gasteiger partial charge in [-0.25, -0.2) is 12.8 Å². The number of benzene rings is 4. The van der Waals surface area contributed by atoms with Crippen LogP contribution in [0.25, 0.3) is 0 Å². The van der Waals surface area contributed by atoms with Crippen molar-refractivity contribution in [2.45, 2.75) is 50.7 Å². The monoisotopic (exact) mass is 635 g/mol. The lowest BCUT2D eigenvalue weighted by molar-refractivity contribution is -0.140. The van der Waals surface area contributed by atoms with Crippen molar-refractivity contribution in [3.63, 3.8) is 0 Å². The summed E-state index contributed by atoms with van der Waals surface area (Å²) in [6.45, 7) is 4.52. The maximum atomic E-state index is 15.0. The third-order valence-electron chi connectivity index (χ3n) is 6.98. The van der Waals surface area contributed by atoms with Crippen molar-refractivity contribution >= 4 is 39.1 Å². The smallest absolute Gasteiger partial charge is 0.264 e. The van der Waals surface area contributed by atoms with Crippen LogP contribution in [0.5, 0.6) is 0 Å². The van der Waals surface area contributed by atoms with E-state index in [1.54, 1.807) is 50.2 Å². The van der Waals surface area contributed by atoms with Gasteiger partial charge in [-0.15, -0.1) is 0 Å². The summed E-state index contributed by atoms with van der Waals surface area (Å²) < 4.78 is 44.0. The zero-order valence-corrected chi connectivity index (χ0v) is 26.4. The van der Waals surface area contributed by atoms with Crippen LogP contribution in [0.15, 0.2) is 108 Å². The topological polar surface area (TPSA) is 86.8 Å². The number of aryl methyl sites for hydroxylation is 1. The minimum Gasteiger partial charge on any atom is -0.352 e. The molecule has 4 rings (SSSR count). The van der Waals surface area contributed by atoms with Gasteiger partial charge in [-0.05, 0) is 62.7 Å². The molecule has 0 spiro atoms. The van der Waals surface area contributed by atoms with E-state index in [0.29, 0.717) is 0 Å². The quantitative estimate of drug-likeness (QED) is 0.202. The van der Waals surface area contributed by atoms with Gasteiger partial charge in [0, 0.05) is 29.6 Å². The molecule has 0 aliphatic rings. The zero-order valence-electron chi connectivity index (χ0n) is 24.8. The Labute approximate surface area is 263 Å². The van der Waals surface area contributed by atoms with Crippen molar-refractivity contribution in [3.05, 3.63) is 131 Å². The highest BCUT2D eigenvalue weighted by Crippen LogP contribution is 2.27. The molecule has 4 aromatic carbocycles. The van der Waals surface area contributed by atoms with E-state index in [9.17, 15) is 22.4 Å². The summed E-state index contributed by atoms with van der Waals surface area (Å²) in [5, 5.41) is 3.16. The highest BCUT2D eigenvalue weighted by Gasteiger charge is 2.35. The number of halogens is 2. The first kappa shape index (κ1) is 32.7. The van der Waals surface area contributed by atoms with Crippen LogP contribution < -0.4 is 9.62 Å². The highest BCUT2D eigenvalue weighted by molar-refractivity contribution is 7.92. The lowest BCUT2D eigenvalue weighted by Gasteiger charge is -2.34. The largest absolute Gasteiger partial charge is 0.352 e. The molecule has 0 aliphatic heterocycles. The molecule has 44 heavy (non-hydrogen) atoms. The standard InChI is InChI=1S/C34H35ClFN3O4S/c1-24(2)37-34(41)32(20-26-10-5-4-6-11-26)38(22-27-12-7-8-15-31(27)36)33(40)23-39(29-14-9-13-28(35)21-29)44(42,43)30-18-16-25(3)17-19-30/h4-19,21,24,32H,20,22-23H2,1-3H3,(H,37,41)/t32-/m1/s1. The lowest BCUT2D eigenvalue weighted by Crippen LogP contribution is -2.54. The third-order valence-corrected chi connectivity index (χ3v) is 9.01. The summed E-state index contributed by atoms with van der Waals surface area (Å²) >= 11 is 6.25. The van der Waals surface area contributed by atoms with Gasteiger partial charge in [0.05, 0.1) is 10.6 Å². The van der Waals surface area contributed by atoms with Crippen molar-refractivity contribution in [2.24, 2.45) is 0 Å². The molecule has 0 aromatic heterocycles. The number of carbonyl (C=O) groups is 2. The van der Waals surface area contributed by atoms with E-state index in [-0.39, 0.29) is 40.2 Å². The van der Waals surface area contributed by atoms with Gasteiger partial charge in [-0.3, -0.25) is 13.9 Å². The van der Waals surface area contributed by atoms with Crippen LogP contribution in [0.3, 0.4) is 0 Å². The molecule has 1 atom stereocenters. The van der Waals surface area contributed by atoms with E-state index in [2.05, 4.69) is 5.32 Å². The number of rotatable bonds is 12. The second-order valence-corrected chi connectivity index (χ2v) is 13.1. The second-order valence-electron chi connectivity index (χ2n) is 10.8. The fourth-order valence-corrected chi connectivity index (χ4v) is 6.33. The number of hydrogen-bond donors (Lipinski definition) is 1. The van der Waals surface area contributed by atoms with Crippen molar-refractivity contribution in [1.82, 2.24) is 10.2 Å². The molecule has 0 bridgehead atoms. The third kappa shape index (κ3) is 8.24. The second kappa shape index (κ2) is 14.5. The fraction of sp³-hybridized carbons (Fsp3) is 0.235. The maximum absolute atomic E-state index is 15.0. The van der Waals surface area contributed by atoms with Crippen molar-refractivity contribution in [1.29, 1.82) is 0 Å². The molecular formula is C34H35ClFN3O4S. The fourth-order valence-electron chi connectivity index (χ4n) is 4.74. The number of nitrogens with one attached hydrogen (secondary N) is 1. The Morgan fingerprint density at radius 1 is 0.886 bits per heavy atom. The Hall–Kier alpha value is -4.21. The number of hydrogen-bond acceptors (Lipinski definition) is 4. The molecule has 0 fully saturated rings. The van der Waals surface area contributed by atoms with Crippen molar-refractivity contribution < 1.29 is 22.4 Å². The molecule has 10 heteroatoms. The van der Waals surface area contributed by atoms with Crippen LogP contribution in [0.1, 0.15) is 30.5 Å². The Kier molecular flexibility index (Phi) is 10.8. The molecule has 0 saturated heterocycles. The maximum Gasteiger partial charge on any atom is 0.264 e. The number of sulfonamides is 1.